The molecule has 0 atom stereocenters. The average Bonchev–Trinajstić information content (AvgIpc) is 2.83. The van der Waals surface area contributed by atoms with Gasteiger partial charge in [0.15, 0.2) is 0 Å². The maximum atomic E-state index is 12.4. The van der Waals surface area contributed by atoms with E-state index in [1.165, 1.54) is 0 Å². The standard InChI is InChI=1S/C27H19BrCl2N2O2/c28-24-14-17(12-18-4-1-2-7-25(18)30)13-20(26(24)33)16-31-22-8-10-23(11-9-22)32-27(34)19-5-3-6-21(29)15-19/h1-11,13-16,33H,12H2,(H,32,34). The number of halogens is 3. The number of nitrogens with one attached hydrogen (secondary N) is 1. The van der Waals surface area contributed by atoms with Crippen LogP contribution in [0.3, 0.4) is 0 Å². The Bertz CT molecular complexity index is 1370. The van der Waals surface area contributed by atoms with Crippen LogP contribution in [0.4, 0.5) is 11.4 Å². The van der Waals surface area contributed by atoms with Crippen LogP contribution < -0.4 is 5.32 Å². The Morgan fingerprint density at radius 2 is 1.74 bits per heavy atom. The number of phenolic OH excluding ortho intramolecular Hbond substituents is 1. The molecule has 0 radical (unpaired) electrons. The van der Waals surface area contributed by atoms with Gasteiger partial charge >= 0.3 is 0 Å². The molecule has 0 fully saturated rings. The van der Waals surface area contributed by atoms with Gasteiger partial charge in [-0.15, -0.1) is 0 Å². The number of amides is 1. The van der Waals surface area contributed by atoms with Gasteiger partial charge in [0, 0.05) is 33.1 Å². The Kier molecular flexibility index (Phi) is 7.68. The van der Waals surface area contributed by atoms with Crippen LogP contribution in [0.25, 0.3) is 0 Å². The molecule has 2 N–H and O–H groups in total. The topological polar surface area (TPSA) is 61.7 Å². The largest absolute Gasteiger partial charge is 0.506 e. The van der Waals surface area contributed by atoms with Crippen LogP contribution in [0.2, 0.25) is 10.0 Å². The van der Waals surface area contributed by atoms with Crippen LogP contribution in [0.1, 0.15) is 27.0 Å². The lowest BCUT2D eigenvalue weighted by Gasteiger charge is -2.09. The number of hydrogen-bond acceptors (Lipinski definition) is 3. The Morgan fingerprint density at radius 1 is 0.971 bits per heavy atom. The van der Waals surface area contributed by atoms with Crippen molar-refractivity contribution in [3.05, 3.63) is 122 Å². The van der Waals surface area contributed by atoms with Gasteiger partial charge in [-0.1, -0.05) is 47.5 Å². The summed E-state index contributed by atoms with van der Waals surface area (Å²) in [6.07, 6.45) is 2.23. The Balaban J connectivity index is 1.48. The van der Waals surface area contributed by atoms with E-state index in [2.05, 4.69) is 26.2 Å². The number of aliphatic imine (C=N–C) groups is 1. The van der Waals surface area contributed by atoms with Gasteiger partial charge in [-0.25, -0.2) is 0 Å². The zero-order chi connectivity index (χ0) is 24.1. The minimum Gasteiger partial charge on any atom is -0.506 e. The molecule has 0 aliphatic heterocycles. The molecule has 4 rings (SSSR count). The minimum atomic E-state index is -0.246. The highest BCUT2D eigenvalue weighted by Crippen LogP contribution is 2.31. The summed E-state index contributed by atoms with van der Waals surface area (Å²) in [5.41, 5.74) is 4.35. The molecule has 0 unspecified atom stereocenters. The molecule has 0 aliphatic rings. The van der Waals surface area contributed by atoms with E-state index in [0.29, 0.717) is 43.4 Å². The lowest BCUT2D eigenvalue weighted by Crippen LogP contribution is -2.11. The Labute approximate surface area is 216 Å². The van der Waals surface area contributed by atoms with Gasteiger partial charge in [-0.2, -0.15) is 0 Å². The van der Waals surface area contributed by atoms with Crippen LogP contribution in [-0.2, 0) is 6.42 Å². The molecule has 4 aromatic carbocycles. The highest BCUT2D eigenvalue weighted by Gasteiger charge is 2.10. The molecule has 0 saturated carbocycles. The smallest absolute Gasteiger partial charge is 0.255 e. The zero-order valence-corrected chi connectivity index (χ0v) is 20.9. The van der Waals surface area contributed by atoms with Crippen molar-refractivity contribution in [2.45, 2.75) is 6.42 Å². The molecule has 0 saturated heterocycles. The van der Waals surface area contributed by atoms with Crippen molar-refractivity contribution >= 4 is 62.6 Å². The predicted molar refractivity (Wildman–Crippen MR) is 143 cm³/mol. The monoisotopic (exact) mass is 552 g/mol. The van der Waals surface area contributed by atoms with Gasteiger partial charge in [-0.05, 0) is 94.1 Å². The second-order valence-electron chi connectivity index (χ2n) is 7.55. The van der Waals surface area contributed by atoms with Gasteiger partial charge < -0.3 is 10.4 Å². The fourth-order valence-electron chi connectivity index (χ4n) is 3.35. The van der Waals surface area contributed by atoms with Crippen LogP contribution in [0, 0.1) is 0 Å². The molecule has 0 heterocycles. The maximum absolute atomic E-state index is 12.4. The van der Waals surface area contributed by atoms with Crippen molar-refractivity contribution in [2.24, 2.45) is 4.99 Å². The molecule has 34 heavy (non-hydrogen) atoms. The van der Waals surface area contributed by atoms with E-state index in [-0.39, 0.29) is 11.7 Å². The predicted octanol–water partition coefficient (Wildman–Crippen LogP) is 8.06. The lowest BCUT2D eigenvalue weighted by molar-refractivity contribution is 0.102. The van der Waals surface area contributed by atoms with Crippen molar-refractivity contribution in [3.8, 4) is 5.75 Å². The zero-order valence-electron chi connectivity index (χ0n) is 17.8. The summed E-state index contributed by atoms with van der Waals surface area (Å²) < 4.78 is 0.581. The van der Waals surface area contributed by atoms with Gasteiger partial charge in [0.25, 0.3) is 5.91 Å². The van der Waals surface area contributed by atoms with Crippen LogP contribution in [-0.4, -0.2) is 17.2 Å². The Morgan fingerprint density at radius 3 is 2.47 bits per heavy atom. The summed E-state index contributed by atoms with van der Waals surface area (Å²) in [7, 11) is 0. The van der Waals surface area contributed by atoms with Crippen molar-refractivity contribution in [1.82, 2.24) is 0 Å². The van der Waals surface area contributed by atoms with Gasteiger partial charge in [0.1, 0.15) is 5.75 Å². The summed E-state index contributed by atoms with van der Waals surface area (Å²) in [6, 6.07) is 25.3. The summed E-state index contributed by atoms with van der Waals surface area (Å²) in [4.78, 5) is 16.8. The number of carbonyl (C=O) groups excluding carboxylic acids is 1. The molecule has 0 spiro atoms. The normalized spacial score (nSPS) is 11.0. The van der Waals surface area contributed by atoms with Crippen LogP contribution in [0.15, 0.2) is 94.4 Å². The number of benzene rings is 4. The molecule has 1 amide bonds. The molecule has 0 aliphatic carbocycles. The molecule has 0 aromatic heterocycles. The van der Waals surface area contributed by atoms with E-state index in [4.69, 9.17) is 23.2 Å². The Hall–Kier alpha value is -3.12. The number of rotatable bonds is 6. The first kappa shape index (κ1) is 24.0. The van der Waals surface area contributed by atoms with Crippen LogP contribution in [0.5, 0.6) is 5.75 Å². The first-order valence-electron chi connectivity index (χ1n) is 10.3. The highest BCUT2D eigenvalue weighted by molar-refractivity contribution is 9.10. The van der Waals surface area contributed by atoms with Gasteiger partial charge in [0.2, 0.25) is 0 Å². The first-order valence-corrected chi connectivity index (χ1v) is 11.9. The molecule has 4 nitrogen and oxygen atoms in total. The van der Waals surface area contributed by atoms with Crippen molar-refractivity contribution in [3.63, 3.8) is 0 Å². The third-order valence-corrected chi connectivity index (χ3v) is 6.28. The summed E-state index contributed by atoms with van der Waals surface area (Å²) in [6.45, 7) is 0. The molecular weight excluding hydrogens is 535 g/mol. The third kappa shape index (κ3) is 6.06. The molecule has 4 aromatic rings. The van der Waals surface area contributed by atoms with E-state index in [9.17, 15) is 9.90 Å². The number of aromatic hydroxyl groups is 1. The molecule has 7 heteroatoms. The molecule has 170 valence electrons. The summed E-state index contributed by atoms with van der Waals surface area (Å²) in [5.74, 6) is -0.138. The maximum Gasteiger partial charge on any atom is 0.255 e. The number of carbonyl (C=O) groups is 1. The van der Waals surface area contributed by atoms with Crippen LogP contribution >= 0.6 is 39.1 Å². The fraction of sp³-hybridized carbons (Fsp3) is 0.0370. The quantitative estimate of drug-likeness (QED) is 0.237. The van der Waals surface area contributed by atoms with Crippen molar-refractivity contribution < 1.29 is 9.90 Å². The lowest BCUT2D eigenvalue weighted by atomic mass is 10.0. The van der Waals surface area contributed by atoms with E-state index in [0.717, 1.165) is 11.1 Å². The second kappa shape index (κ2) is 10.9. The average molecular weight is 554 g/mol. The number of nitrogens with zero attached hydrogens (tertiary/aromatic N) is 1. The third-order valence-electron chi connectivity index (χ3n) is 5.07. The fourth-order valence-corrected chi connectivity index (χ4v) is 4.26. The van der Waals surface area contributed by atoms with Crippen molar-refractivity contribution in [2.75, 3.05) is 5.32 Å². The molecule has 0 bridgehead atoms. The SMILES string of the molecule is O=C(Nc1ccc(N=Cc2cc(Cc3ccccc3Cl)cc(Br)c2O)cc1)c1cccc(Cl)c1. The second-order valence-corrected chi connectivity index (χ2v) is 9.25. The first-order chi connectivity index (χ1) is 16.4. The van der Waals surface area contributed by atoms with Crippen molar-refractivity contribution in [1.29, 1.82) is 0 Å². The van der Waals surface area contributed by atoms with Gasteiger partial charge in [0.05, 0.1) is 10.2 Å². The minimum absolute atomic E-state index is 0.108. The number of anilines is 1. The summed E-state index contributed by atoms with van der Waals surface area (Å²) in [5, 5.41) is 14.5. The van der Waals surface area contributed by atoms with E-state index in [1.807, 2.05) is 36.4 Å². The number of phenols is 1. The summed E-state index contributed by atoms with van der Waals surface area (Å²) >= 11 is 15.7. The van der Waals surface area contributed by atoms with E-state index in [1.54, 1.807) is 54.7 Å². The van der Waals surface area contributed by atoms with Gasteiger partial charge in [-0.3, -0.25) is 9.79 Å². The van der Waals surface area contributed by atoms with E-state index >= 15 is 0 Å². The van der Waals surface area contributed by atoms with E-state index < -0.39 is 0 Å². The molecular formula is C27H19BrCl2N2O2. The highest BCUT2D eigenvalue weighted by atomic mass is 79.9. The number of hydrogen-bond donors (Lipinski definition) is 2.